The molecule has 0 aliphatic heterocycles. The van der Waals surface area contributed by atoms with Gasteiger partial charge in [-0.05, 0) is 46.6 Å². The van der Waals surface area contributed by atoms with Crippen LogP contribution in [0.4, 0.5) is 0 Å². The first-order chi connectivity index (χ1) is 7.93. The van der Waals surface area contributed by atoms with Crippen LogP contribution in [0, 0.1) is 0 Å². The van der Waals surface area contributed by atoms with Crippen LogP contribution in [-0.2, 0) is 10.0 Å². The average Bonchev–Trinajstić information content (AvgIpc) is 2.64. The number of nitrogens with one attached hydrogen (secondary N) is 1. The molecule has 0 bridgehead atoms. The van der Waals surface area contributed by atoms with Crippen molar-refractivity contribution in [2.24, 2.45) is 5.73 Å². The number of nitrogens with two attached hydrogens (primary N) is 1. The maximum absolute atomic E-state index is 11.8. The monoisotopic (exact) mass is 356 g/mol. The molecule has 1 aromatic rings. The normalized spacial score (nSPS) is 11.6. The summed E-state index contributed by atoms with van der Waals surface area (Å²) in [5.74, 6) is 0. The number of sulfonamides is 1. The Morgan fingerprint density at radius 3 is 2.76 bits per heavy atom. The molecule has 0 fully saturated rings. The van der Waals surface area contributed by atoms with E-state index in [1.165, 1.54) is 11.3 Å². The summed E-state index contributed by atoms with van der Waals surface area (Å²) in [6, 6.07) is 1.71. The molecule has 1 aromatic heterocycles. The van der Waals surface area contributed by atoms with Crippen molar-refractivity contribution in [2.75, 3.05) is 6.54 Å². The number of hydrogen-bond donors (Lipinski definition) is 2. The van der Waals surface area contributed by atoms with Crippen molar-refractivity contribution in [3.63, 3.8) is 0 Å². The second-order valence-electron chi connectivity index (χ2n) is 3.38. The van der Waals surface area contributed by atoms with E-state index in [1.54, 1.807) is 11.4 Å². The molecule has 1 heterocycles. The van der Waals surface area contributed by atoms with E-state index in [4.69, 9.17) is 18.0 Å². The molecule has 0 atom stereocenters. The molecular formula is C9H13BrN2O2S3. The van der Waals surface area contributed by atoms with Crippen LogP contribution in [0.15, 0.2) is 20.1 Å². The first-order valence-corrected chi connectivity index (χ1v) is 8.51. The Morgan fingerprint density at radius 2 is 2.24 bits per heavy atom. The standard InChI is InChI=1S/C9H13BrN2O2S3/c10-7-4-6-16-9(7)17(13,14)12-5-2-1-3-8(11)15/h4,6,12H,1-3,5H2,(H2,11,15). The van der Waals surface area contributed by atoms with Gasteiger partial charge in [0.2, 0.25) is 0 Å². The zero-order chi connectivity index (χ0) is 12.9. The fourth-order valence-electron chi connectivity index (χ4n) is 1.17. The van der Waals surface area contributed by atoms with Crippen LogP contribution in [0.25, 0.3) is 0 Å². The van der Waals surface area contributed by atoms with E-state index in [1.807, 2.05) is 0 Å². The maximum Gasteiger partial charge on any atom is 0.251 e. The van der Waals surface area contributed by atoms with Crippen LogP contribution in [0.5, 0.6) is 0 Å². The topological polar surface area (TPSA) is 72.2 Å². The van der Waals surface area contributed by atoms with Gasteiger partial charge in [-0.15, -0.1) is 11.3 Å². The summed E-state index contributed by atoms with van der Waals surface area (Å²) in [7, 11) is -3.39. The van der Waals surface area contributed by atoms with E-state index in [-0.39, 0.29) is 0 Å². The van der Waals surface area contributed by atoms with Gasteiger partial charge < -0.3 is 5.73 Å². The van der Waals surface area contributed by atoms with Crippen molar-refractivity contribution in [2.45, 2.75) is 23.5 Å². The Balaban J connectivity index is 2.41. The SMILES string of the molecule is NC(=S)CCCCNS(=O)(=O)c1sccc1Br. The molecule has 0 unspecified atom stereocenters. The van der Waals surface area contributed by atoms with Crippen molar-refractivity contribution >= 4 is 54.5 Å². The highest BCUT2D eigenvalue weighted by atomic mass is 79.9. The number of unbranched alkanes of at least 4 members (excludes halogenated alkanes) is 1. The molecule has 17 heavy (non-hydrogen) atoms. The molecule has 1 rings (SSSR count). The Morgan fingerprint density at radius 1 is 1.53 bits per heavy atom. The number of hydrogen-bond acceptors (Lipinski definition) is 4. The molecule has 0 saturated carbocycles. The molecule has 0 radical (unpaired) electrons. The van der Waals surface area contributed by atoms with Gasteiger partial charge in [0.1, 0.15) is 4.21 Å². The molecule has 8 heteroatoms. The Hall–Kier alpha value is -0.0200. The Bertz CT molecular complexity index is 484. The fourth-order valence-corrected chi connectivity index (χ4v) is 4.77. The lowest BCUT2D eigenvalue weighted by Gasteiger charge is -2.05. The smallest absolute Gasteiger partial charge is 0.251 e. The van der Waals surface area contributed by atoms with Crippen molar-refractivity contribution in [1.82, 2.24) is 4.72 Å². The summed E-state index contributed by atoms with van der Waals surface area (Å²) < 4.78 is 27.1. The van der Waals surface area contributed by atoms with Gasteiger partial charge in [0.15, 0.2) is 0 Å². The molecule has 0 saturated heterocycles. The van der Waals surface area contributed by atoms with E-state index in [9.17, 15) is 8.42 Å². The van der Waals surface area contributed by atoms with Gasteiger partial charge in [0.05, 0.1) is 4.99 Å². The quantitative estimate of drug-likeness (QED) is 0.580. The molecule has 0 aromatic carbocycles. The van der Waals surface area contributed by atoms with E-state index in [0.717, 1.165) is 12.8 Å². The van der Waals surface area contributed by atoms with E-state index in [2.05, 4.69) is 20.7 Å². The van der Waals surface area contributed by atoms with Gasteiger partial charge in [0, 0.05) is 11.0 Å². The second-order valence-corrected chi connectivity index (χ2v) is 7.63. The molecule has 4 nitrogen and oxygen atoms in total. The lowest BCUT2D eigenvalue weighted by atomic mass is 10.2. The second kappa shape index (κ2) is 6.79. The Labute approximate surface area is 119 Å². The van der Waals surface area contributed by atoms with Crippen LogP contribution in [0.3, 0.4) is 0 Å². The number of rotatable bonds is 7. The third-order valence-corrected chi connectivity index (χ3v) is 6.31. The van der Waals surface area contributed by atoms with Crippen LogP contribution in [0.1, 0.15) is 19.3 Å². The Kier molecular flexibility index (Phi) is 6.01. The van der Waals surface area contributed by atoms with Gasteiger partial charge in [-0.3, -0.25) is 0 Å². The summed E-state index contributed by atoms with van der Waals surface area (Å²) in [6.07, 6.45) is 2.17. The van der Waals surface area contributed by atoms with Crippen LogP contribution in [0.2, 0.25) is 0 Å². The molecule has 0 aliphatic rings. The van der Waals surface area contributed by atoms with Gasteiger partial charge in [-0.1, -0.05) is 12.2 Å². The van der Waals surface area contributed by atoms with Gasteiger partial charge in [0.25, 0.3) is 10.0 Å². The van der Waals surface area contributed by atoms with Crippen molar-refractivity contribution in [1.29, 1.82) is 0 Å². The van der Waals surface area contributed by atoms with Crippen LogP contribution >= 0.6 is 39.5 Å². The molecule has 0 spiro atoms. The van der Waals surface area contributed by atoms with Crippen molar-refractivity contribution in [3.05, 3.63) is 15.9 Å². The highest BCUT2D eigenvalue weighted by Crippen LogP contribution is 2.27. The third kappa shape index (κ3) is 5.01. The van der Waals surface area contributed by atoms with Crippen molar-refractivity contribution < 1.29 is 8.42 Å². The molecular weight excluding hydrogens is 344 g/mol. The fraction of sp³-hybridized carbons (Fsp3) is 0.444. The predicted octanol–water partition coefficient (Wildman–Crippen LogP) is 2.25. The highest BCUT2D eigenvalue weighted by molar-refractivity contribution is 9.10. The minimum atomic E-state index is -3.39. The minimum Gasteiger partial charge on any atom is -0.393 e. The summed E-state index contributed by atoms with van der Waals surface area (Å²) in [4.78, 5) is 0.467. The first-order valence-electron chi connectivity index (χ1n) is 4.94. The van der Waals surface area contributed by atoms with E-state index in [0.29, 0.717) is 26.6 Å². The van der Waals surface area contributed by atoms with E-state index < -0.39 is 10.0 Å². The number of halogens is 1. The zero-order valence-electron chi connectivity index (χ0n) is 8.98. The number of thiophene rings is 1. The van der Waals surface area contributed by atoms with Gasteiger partial charge >= 0.3 is 0 Å². The lowest BCUT2D eigenvalue weighted by molar-refractivity contribution is 0.579. The minimum absolute atomic E-state index is 0.312. The van der Waals surface area contributed by atoms with Crippen LogP contribution < -0.4 is 10.5 Å². The summed E-state index contributed by atoms with van der Waals surface area (Å²) >= 11 is 9.12. The zero-order valence-corrected chi connectivity index (χ0v) is 13.0. The molecule has 0 aliphatic carbocycles. The summed E-state index contributed by atoms with van der Waals surface area (Å²) in [5, 5.41) is 1.73. The largest absolute Gasteiger partial charge is 0.393 e. The molecule has 3 N–H and O–H groups in total. The molecule has 0 amide bonds. The van der Waals surface area contributed by atoms with Gasteiger partial charge in [-0.2, -0.15) is 0 Å². The predicted molar refractivity (Wildman–Crippen MR) is 77.8 cm³/mol. The lowest BCUT2D eigenvalue weighted by Crippen LogP contribution is -2.24. The summed E-state index contributed by atoms with van der Waals surface area (Å²) in [6.45, 7) is 0.398. The van der Waals surface area contributed by atoms with Gasteiger partial charge in [-0.25, -0.2) is 13.1 Å². The van der Waals surface area contributed by atoms with Crippen molar-refractivity contribution in [3.8, 4) is 0 Å². The average molecular weight is 357 g/mol. The third-order valence-electron chi connectivity index (χ3n) is 1.97. The maximum atomic E-state index is 11.8. The van der Waals surface area contributed by atoms with E-state index >= 15 is 0 Å². The first kappa shape index (κ1) is 15.0. The highest BCUT2D eigenvalue weighted by Gasteiger charge is 2.18. The van der Waals surface area contributed by atoms with Crippen LogP contribution in [-0.4, -0.2) is 20.0 Å². The summed E-state index contributed by atoms with van der Waals surface area (Å²) in [5.41, 5.74) is 5.35. The number of thiocarbonyl (C=S) groups is 1. The molecule has 96 valence electrons.